The summed E-state index contributed by atoms with van der Waals surface area (Å²) in [6, 6.07) is 16.6. The minimum atomic E-state index is 0.871. The highest BCUT2D eigenvalue weighted by molar-refractivity contribution is 5.81. The van der Waals surface area contributed by atoms with E-state index in [1.54, 1.807) is 14.2 Å². The second-order valence-corrected chi connectivity index (χ2v) is 6.63. The molecule has 1 aromatic heterocycles. The van der Waals surface area contributed by atoms with Gasteiger partial charge in [-0.1, -0.05) is 6.08 Å². The number of benzene rings is 2. The molecule has 0 spiro atoms. The Morgan fingerprint density at radius 2 is 1.63 bits per heavy atom. The topological polar surface area (TPSA) is 25.6 Å². The number of fused-ring (bicyclic) bond motifs is 2. The second-order valence-electron chi connectivity index (χ2n) is 6.63. The normalized spacial score (nSPS) is 14.5. The number of rotatable bonds is 3. The molecule has 4 heteroatoms. The molecule has 1 aliphatic rings. The van der Waals surface area contributed by atoms with Crippen LogP contribution in [0.5, 0.6) is 11.5 Å². The van der Waals surface area contributed by atoms with E-state index < -0.39 is 0 Å². The molecule has 0 saturated heterocycles. The van der Waals surface area contributed by atoms with Crippen molar-refractivity contribution in [1.29, 1.82) is 0 Å². The number of anilines is 1. The van der Waals surface area contributed by atoms with Crippen molar-refractivity contribution >= 4 is 28.7 Å². The van der Waals surface area contributed by atoms with Gasteiger partial charge in [-0.2, -0.15) is 4.57 Å². The molecule has 2 aromatic carbocycles. The number of nitrogens with zero attached hydrogens (tertiary/aromatic N) is 2. The summed E-state index contributed by atoms with van der Waals surface area (Å²) < 4.78 is 12.9. The van der Waals surface area contributed by atoms with Crippen LogP contribution in [0.15, 0.2) is 60.3 Å². The number of aromatic nitrogens is 1. The molecule has 0 atom stereocenters. The Morgan fingerprint density at radius 1 is 0.889 bits per heavy atom. The molecular formula is C23H23N2O2+. The lowest BCUT2D eigenvalue weighted by molar-refractivity contribution is -0.646. The molecule has 0 amide bonds. The van der Waals surface area contributed by atoms with E-state index in [4.69, 9.17) is 9.47 Å². The van der Waals surface area contributed by atoms with Crippen molar-refractivity contribution in [3.05, 3.63) is 71.6 Å². The van der Waals surface area contributed by atoms with Gasteiger partial charge in [0.1, 0.15) is 18.5 Å². The first-order valence-corrected chi connectivity index (χ1v) is 8.89. The van der Waals surface area contributed by atoms with Gasteiger partial charge in [-0.05, 0) is 42.5 Å². The van der Waals surface area contributed by atoms with Crippen molar-refractivity contribution in [3.63, 3.8) is 0 Å². The zero-order chi connectivity index (χ0) is 19.0. The van der Waals surface area contributed by atoms with Crippen LogP contribution in [0.25, 0.3) is 23.1 Å². The number of hydrogen-bond acceptors (Lipinski definition) is 3. The molecule has 1 aliphatic heterocycles. The predicted molar refractivity (Wildman–Crippen MR) is 110 cm³/mol. The maximum atomic E-state index is 5.33. The molecule has 0 bridgehead atoms. The fourth-order valence-corrected chi connectivity index (χ4v) is 3.49. The molecule has 0 N–H and O–H groups in total. The average Bonchev–Trinajstić information content (AvgIpc) is 2.71. The third-order valence-electron chi connectivity index (χ3n) is 5.13. The van der Waals surface area contributed by atoms with Crippen molar-refractivity contribution in [1.82, 2.24) is 0 Å². The SMILES string of the molecule is COc1ccc2c(c1)C=C/C(=C\c1ccc3cc(OC)ccc3[n+]1C)N2C. The average molecular weight is 359 g/mol. The van der Waals surface area contributed by atoms with E-state index in [1.165, 1.54) is 0 Å². The van der Waals surface area contributed by atoms with Crippen LogP contribution in [0.1, 0.15) is 11.3 Å². The van der Waals surface area contributed by atoms with Crippen LogP contribution in [0.3, 0.4) is 0 Å². The lowest BCUT2D eigenvalue weighted by Gasteiger charge is -2.26. The first-order chi connectivity index (χ1) is 13.1. The van der Waals surface area contributed by atoms with Gasteiger partial charge in [0.15, 0.2) is 0 Å². The first-order valence-electron chi connectivity index (χ1n) is 8.89. The Kier molecular flexibility index (Phi) is 4.32. The Balaban J connectivity index is 1.75. The van der Waals surface area contributed by atoms with E-state index in [9.17, 15) is 0 Å². The van der Waals surface area contributed by atoms with Gasteiger partial charge in [0.05, 0.1) is 19.6 Å². The van der Waals surface area contributed by atoms with E-state index in [-0.39, 0.29) is 0 Å². The smallest absolute Gasteiger partial charge is 0.212 e. The van der Waals surface area contributed by atoms with Crippen molar-refractivity contribution < 1.29 is 14.0 Å². The Morgan fingerprint density at radius 3 is 2.41 bits per heavy atom. The van der Waals surface area contributed by atoms with Crippen LogP contribution in [-0.2, 0) is 7.05 Å². The molecule has 3 aromatic rings. The summed E-state index contributed by atoms with van der Waals surface area (Å²) in [6.07, 6.45) is 6.48. The van der Waals surface area contributed by atoms with Crippen LogP contribution >= 0.6 is 0 Å². The van der Waals surface area contributed by atoms with Crippen LogP contribution in [0.2, 0.25) is 0 Å². The van der Waals surface area contributed by atoms with Crippen molar-refractivity contribution in [2.45, 2.75) is 0 Å². The van der Waals surface area contributed by atoms with Gasteiger partial charge in [-0.25, -0.2) is 0 Å². The van der Waals surface area contributed by atoms with Crippen molar-refractivity contribution in [3.8, 4) is 11.5 Å². The quantitative estimate of drug-likeness (QED) is 0.656. The van der Waals surface area contributed by atoms with Crippen LogP contribution in [0, 0.1) is 0 Å². The standard InChI is InChI=1S/C23H23N2O2/c1-24-18(7-5-16-13-20(26-3)9-11-22(16)24)15-19-8-6-17-14-21(27-4)10-12-23(17)25(19)2/h5-15H,1-4H3/q+1. The maximum absolute atomic E-state index is 5.33. The molecule has 2 heterocycles. The van der Waals surface area contributed by atoms with E-state index in [1.807, 2.05) is 12.1 Å². The summed E-state index contributed by atoms with van der Waals surface area (Å²) in [7, 11) is 7.57. The molecule has 136 valence electrons. The molecule has 0 radical (unpaired) electrons. The van der Waals surface area contributed by atoms with Crippen molar-refractivity contribution in [2.75, 3.05) is 26.2 Å². The lowest BCUT2D eigenvalue weighted by Crippen LogP contribution is -2.33. The second kappa shape index (κ2) is 6.80. The highest BCUT2D eigenvalue weighted by atomic mass is 16.5. The summed E-state index contributed by atoms with van der Waals surface area (Å²) in [5.41, 5.74) is 5.76. The predicted octanol–water partition coefficient (Wildman–Crippen LogP) is 4.19. The lowest BCUT2D eigenvalue weighted by atomic mass is 10.0. The molecule has 0 unspecified atom stereocenters. The zero-order valence-electron chi connectivity index (χ0n) is 16.1. The highest BCUT2D eigenvalue weighted by Crippen LogP contribution is 2.33. The molecule has 4 rings (SSSR count). The zero-order valence-corrected chi connectivity index (χ0v) is 16.1. The summed E-state index contributed by atoms with van der Waals surface area (Å²) in [4.78, 5) is 2.20. The van der Waals surface area contributed by atoms with E-state index >= 15 is 0 Å². The van der Waals surface area contributed by atoms with Gasteiger partial charge < -0.3 is 14.4 Å². The molecule has 27 heavy (non-hydrogen) atoms. The Labute approximate surface area is 159 Å². The van der Waals surface area contributed by atoms with Gasteiger partial charge in [0.2, 0.25) is 11.2 Å². The van der Waals surface area contributed by atoms with Gasteiger partial charge in [0, 0.05) is 42.2 Å². The number of ether oxygens (including phenoxy) is 2. The Bertz CT molecular complexity index is 1080. The molecule has 0 aliphatic carbocycles. The highest BCUT2D eigenvalue weighted by Gasteiger charge is 2.17. The van der Waals surface area contributed by atoms with Gasteiger partial charge in [-0.3, -0.25) is 0 Å². The first kappa shape index (κ1) is 17.2. The molecule has 0 saturated carbocycles. The number of likely N-dealkylation sites (N-methyl/N-ethyl adjacent to an activating group) is 1. The van der Waals surface area contributed by atoms with Gasteiger partial charge in [-0.15, -0.1) is 0 Å². The number of methoxy groups -OCH3 is 2. The van der Waals surface area contributed by atoms with E-state index in [2.05, 4.69) is 78.2 Å². The van der Waals surface area contributed by atoms with Gasteiger partial charge in [0.25, 0.3) is 0 Å². The summed E-state index contributed by atoms with van der Waals surface area (Å²) in [6.45, 7) is 0. The summed E-state index contributed by atoms with van der Waals surface area (Å²) in [5, 5.41) is 1.16. The molecule has 0 fully saturated rings. The van der Waals surface area contributed by atoms with Crippen molar-refractivity contribution in [2.24, 2.45) is 7.05 Å². The third-order valence-corrected chi connectivity index (χ3v) is 5.13. The maximum Gasteiger partial charge on any atom is 0.212 e. The van der Waals surface area contributed by atoms with Crippen LogP contribution in [0.4, 0.5) is 5.69 Å². The van der Waals surface area contributed by atoms with E-state index in [0.29, 0.717) is 0 Å². The molecule has 4 nitrogen and oxygen atoms in total. The third kappa shape index (κ3) is 3.04. The number of aryl methyl sites for hydroxylation is 1. The monoisotopic (exact) mass is 359 g/mol. The largest absolute Gasteiger partial charge is 0.497 e. The van der Waals surface area contributed by atoms with Crippen LogP contribution in [-0.4, -0.2) is 21.3 Å². The fraction of sp³-hybridized carbons (Fsp3) is 0.174. The van der Waals surface area contributed by atoms with Gasteiger partial charge >= 0.3 is 0 Å². The van der Waals surface area contributed by atoms with Crippen LogP contribution < -0.4 is 18.9 Å². The minimum Gasteiger partial charge on any atom is -0.497 e. The summed E-state index contributed by atoms with van der Waals surface area (Å²) >= 11 is 0. The summed E-state index contributed by atoms with van der Waals surface area (Å²) in [5.74, 6) is 1.74. The Hall–Kier alpha value is -3.27. The molecular weight excluding hydrogens is 336 g/mol. The fourth-order valence-electron chi connectivity index (χ4n) is 3.49. The number of pyridine rings is 1. The number of hydrogen-bond donors (Lipinski definition) is 0. The van der Waals surface area contributed by atoms with E-state index in [0.717, 1.165) is 45.0 Å². The minimum absolute atomic E-state index is 0.871. The number of allylic oxidation sites excluding steroid dienone is 1.